The molecule has 1 heterocycles. The average Bonchev–Trinajstić information content (AvgIpc) is 2.46. The number of alkyl halides is 3. The number of rotatable bonds is 1. The minimum absolute atomic E-state index is 0.518. The lowest BCUT2D eigenvalue weighted by molar-refractivity contribution is -0.137. The second kappa shape index (κ2) is 4.63. The molecule has 0 amide bonds. The van der Waals surface area contributed by atoms with E-state index in [9.17, 15) is 13.2 Å². The van der Waals surface area contributed by atoms with Crippen LogP contribution in [-0.2, 0) is 6.18 Å². The zero-order valence-electron chi connectivity index (χ0n) is 10.4. The molecule has 0 unspecified atom stereocenters. The summed E-state index contributed by atoms with van der Waals surface area (Å²) in [5.41, 5.74) is 1.27. The Labute approximate surface area is 113 Å². The molecule has 0 aliphatic rings. The molecule has 0 saturated carbocycles. The molecule has 0 bridgehead atoms. The molecule has 20 heavy (non-hydrogen) atoms. The summed E-state index contributed by atoms with van der Waals surface area (Å²) in [6, 6.07) is 14.5. The number of aromatic nitrogens is 1. The highest BCUT2D eigenvalue weighted by Gasteiger charge is 2.30. The number of hydrogen-bond donors (Lipinski definition) is 0. The van der Waals surface area contributed by atoms with Gasteiger partial charge in [0.1, 0.15) is 0 Å². The second-order valence-corrected chi connectivity index (χ2v) is 4.46. The van der Waals surface area contributed by atoms with E-state index in [1.165, 1.54) is 6.07 Å². The molecular formula is C16H10F3N. The standard InChI is InChI=1S/C16H10F3N/c17-16(18,19)13-7-1-5-12(10-13)14-8-2-4-11-6-3-9-20-15(11)14/h1-10H. The monoisotopic (exact) mass is 273 g/mol. The molecule has 1 nitrogen and oxygen atoms in total. The first-order valence-electron chi connectivity index (χ1n) is 6.07. The first kappa shape index (κ1) is 12.7. The molecule has 0 saturated heterocycles. The second-order valence-electron chi connectivity index (χ2n) is 4.46. The van der Waals surface area contributed by atoms with Crippen molar-refractivity contribution in [3.63, 3.8) is 0 Å². The largest absolute Gasteiger partial charge is 0.416 e. The molecule has 4 heteroatoms. The van der Waals surface area contributed by atoms with Crippen LogP contribution in [0.3, 0.4) is 0 Å². The summed E-state index contributed by atoms with van der Waals surface area (Å²) in [5.74, 6) is 0. The molecule has 2 aromatic carbocycles. The fourth-order valence-corrected chi connectivity index (χ4v) is 2.20. The molecule has 0 spiro atoms. The van der Waals surface area contributed by atoms with Crippen LogP contribution < -0.4 is 0 Å². The molecule has 0 fully saturated rings. The molecule has 100 valence electrons. The molecule has 0 radical (unpaired) electrons. The fraction of sp³-hybridized carbons (Fsp3) is 0.0625. The van der Waals surface area contributed by atoms with E-state index in [0.29, 0.717) is 16.6 Å². The SMILES string of the molecule is FC(F)(F)c1cccc(-c2cccc3cccnc23)c1. The number of nitrogens with zero attached hydrogens (tertiary/aromatic N) is 1. The van der Waals surface area contributed by atoms with Crippen LogP contribution in [0.15, 0.2) is 60.8 Å². The Morgan fingerprint density at radius 1 is 0.850 bits per heavy atom. The van der Waals surface area contributed by atoms with Gasteiger partial charge in [0, 0.05) is 17.1 Å². The van der Waals surface area contributed by atoms with Gasteiger partial charge in [-0.25, -0.2) is 0 Å². The smallest absolute Gasteiger partial charge is 0.256 e. The number of halogens is 3. The van der Waals surface area contributed by atoms with Crippen LogP contribution in [0.5, 0.6) is 0 Å². The summed E-state index contributed by atoms with van der Waals surface area (Å²) in [6.45, 7) is 0. The Balaban J connectivity index is 2.21. The lowest BCUT2D eigenvalue weighted by Crippen LogP contribution is -2.04. The van der Waals surface area contributed by atoms with E-state index >= 15 is 0 Å². The number of benzene rings is 2. The van der Waals surface area contributed by atoms with Crippen LogP contribution >= 0.6 is 0 Å². The van der Waals surface area contributed by atoms with E-state index in [1.54, 1.807) is 24.4 Å². The number of hydrogen-bond acceptors (Lipinski definition) is 1. The van der Waals surface area contributed by atoms with Crippen molar-refractivity contribution < 1.29 is 13.2 Å². The lowest BCUT2D eigenvalue weighted by Gasteiger charge is -2.10. The summed E-state index contributed by atoms with van der Waals surface area (Å²) in [6.07, 6.45) is -2.70. The van der Waals surface area contributed by atoms with Crippen LogP contribution in [0.2, 0.25) is 0 Å². The minimum atomic E-state index is -4.34. The van der Waals surface area contributed by atoms with Crippen molar-refractivity contribution in [2.75, 3.05) is 0 Å². The highest BCUT2D eigenvalue weighted by atomic mass is 19.4. The number of pyridine rings is 1. The van der Waals surface area contributed by atoms with E-state index in [2.05, 4.69) is 4.98 Å². The van der Waals surface area contributed by atoms with Crippen molar-refractivity contribution in [1.29, 1.82) is 0 Å². The Kier molecular flexibility index (Phi) is 2.93. The highest BCUT2D eigenvalue weighted by Crippen LogP contribution is 2.33. The summed E-state index contributed by atoms with van der Waals surface area (Å²) >= 11 is 0. The number of para-hydroxylation sites is 1. The van der Waals surface area contributed by atoms with E-state index in [1.807, 2.05) is 18.2 Å². The Morgan fingerprint density at radius 3 is 2.40 bits per heavy atom. The molecule has 0 aliphatic heterocycles. The summed E-state index contributed by atoms with van der Waals surface area (Å²) in [5, 5.41) is 0.905. The van der Waals surface area contributed by atoms with Gasteiger partial charge < -0.3 is 0 Å². The zero-order chi connectivity index (χ0) is 14.2. The maximum Gasteiger partial charge on any atom is 0.416 e. The van der Waals surface area contributed by atoms with E-state index < -0.39 is 11.7 Å². The van der Waals surface area contributed by atoms with Crippen molar-refractivity contribution >= 4 is 10.9 Å². The summed E-state index contributed by atoms with van der Waals surface area (Å²) in [7, 11) is 0. The van der Waals surface area contributed by atoms with Gasteiger partial charge >= 0.3 is 6.18 Å². The molecule has 3 aromatic rings. The summed E-state index contributed by atoms with van der Waals surface area (Å²) < 4.78 is 38.3. The molecule has 0 N–H and O–H groups in total. The zero-order valence-corrected chi connectivity index (χ0v) is 10.4. The van der Waals surface area contributed by atoms with E-state index in [-0.39, 0.29) is 0 Å². The van der Waals surface area contributed by atoms with E-state index in [0.717, 1.165) is 17.5 Å². The third-order valence-electron chi connectivity index (χ3n) is 3.13. The fourth-order valence-electron chi connectivity index (χ4n) is 2.20. The molecule has 3 rings (SSSR count). The van der Waals surface area contributed by atoms with Gasteiger partial charge in [0.15, 0.2) is 0 Å². The van der Waals surface area contributed by atoms with Crippen LogP contribution in [0.1, 0.15) is 5.56 Å². The van der Waals surface area contributed by atoms with Gasteiger partial charge in [0.05, 0.1) is 11.1 Å². The first-order chi connectivity index (χ1) is 9.55. The van der Waals surface area contributed by atoms with Gasteiger partial charge in [-0.15, -0.1) is 0 Å². The Morgan fingerprint density at radius 2 is 1.60 bits per heavy atom. The van der Waals surface area contributed by atoms with Gasteiger partial charge in [-0.3, -0.25) is 4.98 Å². The number of fused-ring (bicyclic) bond motifs is 1. The van der Waals surface area contributed by atoms with Gasteiger partial charge in [-0.05, 0) is 23.8 Å². The van der Waals surface area contributed by atoms with E-state index in [4.69, 9.17) is 0 Å². The predicted molar refractivity (Wildman–Crippen MR) is 72.2 cm³/mol. The maximum absolute atomic E-state index is 12.8. The normalized spacial score (nSPS) is 11.8. The quantitative estimate of drug-likeness (QED) is 0.613. The van der Waals surface area contributed by atoms with Gasteiger partial charge in [0.2, 0.25) is 0 Å². The Bertz CT molecular complexity index is 758. The van der Waals surface area contributed by atoms with Crippen LogP contribution in [0.25, 0.3) is 22.0 Å². The molecule has 1 aromatic heterocycles. The minimum Gasteiger partial charge on any atom is -0.256 e. The first-order valence-corrected chi connectivity index (χ1v) is 6.07. The van der Waals surface area contributed by atoms with Crippen molar-refractivity contribution in [2.45, 2.75) is 6.18 Å². The highest BCUT2D eigenvalue weighted by molar-refractivity contribution is 5.93. The van der Waals surface area contributed by atoms with Gasteiger partial charge in [-0.1, -0.05) is 36.4 Å². The van der Waals surface area contributed by atoms with Crippen molar-refractivity contribution in [1.82, 2.24) is 4.98 Å². The Hall–Kier alpha value is -2.36. The lowest BCUT2D eigenvalue weighted by atomic mass is 10.00. The van der Waals surface area contributed by atoms with Gasteiger partial charge in [-0.2, -0.15) is 13.2 Å². The summed E-state index contributed by atoms with van der Waals surface area (Å²) in [4.78, 5) is 4.27. The van der Waals surface area contributed by atoms with Crippen LogP contribution in [0, 0.1) is 0 Å². The van der Waals surface area contributed by atoms with Crippen molar-refractivity contribution in [3.05, 3.63) is 66.4 Å². The van der Waals surface area contributed by atoms with Crippen LogP contribution in [-0.4, -0.2) is 4.98 Å². The average molecular weight is 273 g/mol. The van der Waals surface area contributed by atoms with Crippen LogP contribution in [0.4, 0.5) is 13.2 Å². The third-order valence-corrected chi connectivity index (χ3v) is 3.13. The predicted octanol–water partition coefficient (Wildman–Crippen LogP) is 4.92. The maximum atomic E-state index is 12.8. The molecule has 0 aliphatic carbocycles. The third kappa shape index (κ3) is 2.25. The molecule has 0 atom stereocenters. The van der Waals surface area contributed by atoms with Gasteiger partial charge in [0.25, 0.3) is 0 Å². The molecular weight excluding hydrogens is 263 g/mol. The topological polar surface area (TPSA) is 12.9 Å². The van der Waals surface area contributed by atoms with Crippen molar-refractivity contribution in [2.24, 2.45) is 0 Å². The van der Waals surface area contributed by atoms with Crippen molar-refractivity contribution in [3.8, 4) is 11.1 Å².